The van der Waals surface area contributed by atoms with Gasteiger partial charge in [-0.05, 0) is 25.7 Å². The van der Waals surface area contributed by atoms with Crippen LogP contribution in [-0.4, -0.2) is 17.4 Å². The molecular formula is C14H21NO2S. The number of ether oxygens (including phenoxy) is 1. The van der Waals surface area contributed by atoms with E-state index in [4.69, 9.17) is 4.74 Å². The summed E-state index contributed by atoms with van der Waals surface area (Å²) in [6, 6.07) is 0. The van der Waals surface area contributed by atoms with Crippen LogP contribution in [0.25, 0.3) is 0 Å². The largest absolute Gasteiger partial charge is 0.371 e. The highest BCUT2D eigenvalue weighted by Gasteiger charge is 2.28. The molecule has 1 aliphatic rings. The first kappa shape index (κ1) is 13.7. The monoisotopic (exact) mass is 267 g/mol. The number of rotatable bonds is 5. The molecule has 2 rings (SSSR count). The number of carbonyl (C=O) groups excluding carboxylic acids is 1. The molecule has 18 heavy (non-hydrogen) atoms. The van der Waals surface area contributed by atoms with Crippen LogP contribution in [0.1, 0.15) is 66.7 Å². The summed E-state index contributed by atoms with van der Waals surface area (Å²) in [5, 5.41) is 0.981. The van der Waals surface area contributed by atoms with Gasteiger partial charge in [-0.15, -0.1) is 11.3 Å². The second-order valence-electron chi connectivity index (χ2n) is 4.89. The molecule has 1 aromatic heterocycles. The Hall–Kier alpha value is -0.740. The van der Waals surface area contributed by atoms with E-state index in [-0.39, 0.29) is 11.9 Å². The number of hydrogen-bond acceptors (Lipinski definition) is 4. The normalized spacial score (nSPS) is 18.8. The minimum atomic E-state index is 0.0911. The van der Waals surface area contributed by atoms with Gasteiger partial charge in [-0.1, -0.05) is 19.3 Å². The first-order valence-corrected chi connectivity index (χ1v) is 7.62. The summed E-state index contributed by atoms with van der Waals surface area (Å²) in [6.45, 7) is 4.32. The summed E-state index contributed by atoms with van der Waals surface area (Å²) in [7, 11) is 0. The number of Topliss-reactive ketones (excluding diaryl/α,β-unsaturated/α-hetero) is 1. The van der Waals surface area contributed by atoms with Crippen LogP contribution in [0.2, 0.25) is 0 Å². The van der Waals surface area contributed by atoms with Gasteiger partial charge in [0.05, 0.1) is 4.88 Å². The van der Waals surface area contributed by atoms with Gasteiger partial charge in [-0.25, -0.2) is 4.98 Å². The van der Waals surface area contributed by atoms with Gasteiger partial charge in [0.1, 0.15) is 11.1 Å². The lowest BCUT2D eigenvalue weighted by molar-refractivity contribution is 0.00551. The van der Waals surface area contributed by atoms with Gasteiger partial charge in [-0.3, -0.25) is 4.79 Å². The number of nitrogens with zero attached hydrogens (tertiary/aromatic N) is 1. The summed E-state index contributed by atoms with van der Waals surface area (Å²) in [5.41, 5.74) is 0. The molecule has 1 atom stereocenters. The fourth-order valence-electron chi connectivity index (χ4n) is 2.61. The third-order valence-electron chi connectivity index (χ3n) is 3.54. The molecule has 0 aliphatic heterocycles. The smallest absolute Gasteiger partial charge is 0.171 e. The molecule has 1 aromatic rings. The molecule has 1 aliphatic carbocycles. The van der Waals surface area contributed by atoms with Crippen molar-refractivity contribution in [2.75, 3.05) is 6.61 Å². The highest BCUT2D eigenvalue weighted by atomic mass is 32.1. The summed E-state index contributed by atoms with van der Waals surface area (Å²) in [4.78, 5) is 16.5. The second kappa shape index (κ2) is 6.43. The van der Waals surface area contributed by atoms with Crippen LogP contribution in [0.3, 0.4) is 0 Å². The summed E-state index contributed by atoms with van der Waals surface area (Å²) in [5.74, 6) is 0.669. The van der Waals surface area contributed by atoms with Crippen molar-refractivity contribution in [1.82, 2.24) is 4.98 Å². The molecule has 0 saturated heterocycles. The van der Waals surface area contributed by atoms with E-state index in [2.05, 4.69) is 4.98 Å². The summed E-state index contributed by atoms with van der Waals surface area (Å²) < 4.78 is 5.90. The van der Waals surface area contributed by atoms with Gasteiger partial charge >= 0.3 is 0 Å². The SMILES string of the molecule is CCOC(c1ncc(C(C)=O)s1)C1CCCCC1. The molecule has 3 nitrogen and oxygen atoms in total. The lowest BCUT2D eigenvalue weighted by Crippen LogP contribution is -2.19. The van der Waals surface area contributed by atoms with Crippen LogP contribution in [0.4, 0.5) is 0 Å². The van der Waals surface area contributed by atoms with Crippen LogP contribution < -0.4 is 0 Å². The third kappa shape index (κ3) is 3.18. The maximum Gasteiger partial charge on any atom is 0.171 e. The average Bonchev–Trinajstić information content (AvgIpc) is 2.86. The van der Waals surface area contributed by atoms with Crippen molar-refractivity contribution in [3.05, 3.63) is 16.1 Å². The molecule has 4 heteroatoms. The molecule has 0 N–H and O–H groups in total. The van der Waals surface area contributed by atoms with Gasteiger partial charge in [0.15, 0.2) is 5.78 Å². The Balaban J connectivity index is 2.14. The Morgan fingerprint density at radius 1 is 1.50 bits per heavy atom. The highest BCUT2D eigenvalue weighted by molar-refractivity contribution is 7.13. The Morgan fingerprint density at radius 2 is 2.22 bits per heavy atom. The third-order valence-corrected chi connectivity index (χ3v) is 4.70. The first-order valence-electron chi connectivity index (χ1n) is 6.80. The number of thiazole rings is 1. The maximum atomic E-state index is 11.3. The topological polar surface area (TPSA) is 39.2 Å². The van der Waals surface area contributed by atoms with Crippen molar-refractivity contribution < 1.29 is 9.53 Å². The van der Waals surface area contributed by atoms with Gasteiger partial charge in [-0.2, -0.15) is 0 Å². The zero-order chi connectivity index (χ0) is 13.0. The fraction of sp³-hybridized carbons (Fsp3) is 0.714. The van der Waals surface area contributed by atoms with Crippen LogP contribution in [0.5, 0.6) is 0 Å². The Labute approximate surface area is 113 Å². The predicted octanol–water partition coefficient (Wildman–Crippen LogP) is 4.00. The zero-order valence-electron chi connectivity index (χ0n) is 11.1. The molecule has 1 fully saturated rings. The minimum absolute atomic E-state index is 0.0911. The lowest BCUT2D eigenvalue weighted by Gasteiger charge is -2.28. The van der Waals surface area contributed by atoms with Gasteiger partial charge in [0.2, 0.25) is 0 Å². The molecule has 0 bridgehead atoms. The number of ketones is 1. The Kier molecular flexibility index (Phi) is 4.89. The van der Waals surface area contributed by atoms with Gasteiger partial charge < -0.3 is 4.74 Å². The molecule has 0 radical (unpaired) electrons. The second-order valence-corrected chi connectivity index (χ2v) is 5.96. The molecule has 0 aromatic carbocycles. The molecule has 100 valence electrons. The molecule has 1 heterocycles. The maximum absolute atomic E-state index is 11.3. The van der Waals surface area contributed by atoms with Crippen molar-refractivity contribution in [2.45, 2.75) is 52.1 Å². The van der Waals surface area contributed by atoms with E-state index < -0.39 is 0 Å². The van der Waals surface area contributed by atoms with Gasteiger partial charge in [0, 0.05) is 19.7 Å². The average molecular weight is 267 g/mol. The number of hydrogen-bond donors (Lipinski definition) is 0. The number of aromatic nitrogens is 1. The first-order chi connectivity index (χ1) is 8.72. The molecular weight excluding hydrogens is 246 g/mol. The molecule has 0 spiro atoms. The Bertz CT molecular complexity index is 396. The van der Waals surface area contributed by atoms with Crippen molar-refractivity contribution in [1.29, 1.82) is 0 Å². The van der Waals surface area contributed by atoms with E-state index in [9.17, 15) is 4.79 Å². The fourth-order valence-corrected chi connectivity index (χ4v) is 3.56. The van der Waals surface area contributed by atoms with E-state index >= 15 is 0 Å². The van der Waals surface area contributed by atoms with E-state index in [0.717, 1.165) is 9.88 Å². The predicted molar refractivity (Wildman–Crippen MR) is 73.1 cm³/mol. The Morgan fingerprint density at radius 3 is 2.78 bits per heavy atom. The van der Waals surface area contributed by atoms with Crippen LogP contribution in [0, 0.1) is 5.92 Å². The summed E-state index contributed by atoms with van der Waals surface area (Å²) in [6.07, 6.45) is 8.15. The van der Waals surface area contributed by atoms with Crippen LogP contribution in [0.15, 0.2) is 6.20 Å². The van der Waals surface area contributed by atoms with Crippen molar-refractivity contribution in [3.63, 3.8) is 0 Å². The van der Waals surface area contributed by atoms with Crippen molar-refractivity contribution in [3.8, 4) is 0 Å². The zero-order valence-corrected chi connectivity index (χ0v) is 12.0. The summed E-state index contributed by atoms with van der Waals surface area (Å²) >= 11 is 1.50. The molecule has 1 unspecified atom stereocenters. The van der Waals surface area contributed by atoms with E-state index in [1.165, 1.54) is 43.4 Å². The minimum Gasteiger partial charge on any atom is -0.371 e. The van der Waals surface area contributed by atoms with E-state index in [1.807, 2.05) is 6.92 Å². The quantitative estimate of drug-likeness (QED) is 0.757. The molecule has 1 saturated carbocycles. The lowest BCUT2D eigenvalue weighted by atomic mass is 9.85. The van der Waals surface area contributed by atoms with Crippen molar-refractivity contribution >= 4 is 17.1 Å². The van der Waals surface area contributed by atoms with Gasteiger partial charge in [0.25, 0.3) is 0 Å². The van der Waals surface area contributed by atoms with Crippen molar-refractivity contribution in [2.24, 2.45) is 5.92 Å². The van der Waals surface area contributed by atoms with E-state index in [0.29, 0.717) is 12.5 Å². The van der Waals surface area contributed by atoms with Crippen LogP contribution in [-0.2, 0) is 4.74 Å². The standard InChI is InChI=1S/C14H21NO2S/c1-3-17-13(11-7-5-4-6-8-11)14-15-9-12(18-14)10(2)16/h9,11,13H,3-8H2,1-2H3. The van der Waals surface area contributed by atoms with Crippen LogP contribution >= 0.6 is 11.3 Å². The highest BCUT2D eigenvalue weighted by Crippen LogP contribution is 2.38. The molecule has 0 amide bonds. The van der Waals surface area contributed by atoms with E-state index in [1.54, 1.807) is 13.1 Å². The number of carbonyl (C=O) groups is 1.